The molecule has 4 nitrogen and oxygen atoms in total. The van der Waals surface area contributed by atoms with Crippen molar-refractivity contribution in [1.29, 1.82) is 0 Å². The molecule has 2 aromatic rings. The summed E-state index contributed by atoms with van der Waals surface area (Å²) in [5.74, 6) is -1.13. The van der Waals surface area contributed by atoms with Crippen LogP contribution >= 0.6 is 0 Å². The van der Waals surface area contributed by atoms with Crippen LogP contribution in [0.1, 0.15) is 12.1 Å². The standard InChI is InChI=1S/C14H13FN2O2/c15-12-9-11(18)5-6-13(12)17-14(19)7-4-10-3-1-2-8-16-10/h1-3,5-6,8-9,18H,4,7H2,(H,17,19). The molecule has 0 aliphatic rings. The van der Waals surface area contributed by atoms with E-state index in [9.17, 15) is 9.18 Å². The molecule has 0 atom stereocenters. The summed E-state index contributed by atoms with van der Waals surface area (Å²) in [5, 5.41) is 11.5. The SMILES string of the molecule is O=C(CCc1ccccn1)Nc1ccc(O)cc1F. The van der Waals surface area contributed by atoms with Crippen LogP contribution in [0.4, 0.5) is 10.1 Å². The maximum absolute atomic E-state index is 13.4. The molecule has 1 heterocycles. The summed E-state index contributed by atoms with van der Waals surface area (Å²) in [6, 6.07) is 9.07. The third-order valence-electron chi connectivity index (χ3n) is 2.56. The van der Waals surface area contributed by atoms with Gasteiger partial charge in [-0.3, -0.25) is 9.78 Å². The molecule has 0 saturated heterocycles. The van der Waals surface area contributed by atoms with Gasteiger partial charge in [0.25, 0.3) is 0 Å². The number of benzene rings is 1. The molecule has 0 radical (unpaired) electrons. The summed E-state index contributed by atoms with van der Waals surface area (Å²) >= 11 is 0. The molecule has 1 aromatic heterocycles. The van der Waals surface area contributed by atoms with Crippen molar-refractivity contribution in [2.24, 2.45) is 0 Å². The Morgan fingerprint density at radius 3 is 2.84 bits per heavy atom. The number of amides is 1. The van der Waals surface area contributed by atoms with Crippen LogP contribution in [0.2, 0.25) is 0 Å². The molecular weight excluding hydrogens is 247 g/mol. The van der Waals surface area contributed by atoms with E-state index in [0.717, 1.165) is 11.8 Å². The lowest BCUT2D eigenvalue weighted by molar-refractivity contribution is -0.116. The van der Waals surface area contributed by atoms with Crippen molar-refractivity contribution in [1.82, 2.24) is 4.98 Å². The van der Waals surface area contributed by atoms with Crippen LogP contribution in [0.3, 0.4) is 0 Å². The minimum atomic E-state index is -0.661. The van der Waals surface area contributed by atoms with Crippen molar-refractivity contribution >= 4 is 11.6 Å². The molecule has 2 rings (SSSR count). The third kappa shape index (κ3) is 3.77. The summed E-state index contributed by atoms with van der Waals surface area (Å²) in [6.45, 7) is 0. The van der Waals surface area contributed by atoms with Gasteiger partial charge in [-0.15, -0.1) is 0 Å². The Labute approximate surface area is 109 Å². The van der Waals surface area contributed by atoms with Crippen LogP contribution in [0.5, 0.6) is 5.75 Å². The number of aromatic hydroxyl groups is 1. The molecule has 2 N–H and O–H groups in total. The zero-order chi connectivity index (χ0) is 13.7. The number of carbonyl (C=O) groups is 1. The number of aryl methyl sites for hydroxylation is 1. The van der Waals surface area contributed by atoms with Gasteiger partial charge in [-0.25, -0.2) is 4.39 Å². The summed E-state index contributed by atoms with van der Waals surface area (Å²) in [7, 11) is 0. The van der Waals surface area contributed by atoms with Crippen molar-refractivity contribution in [3.63, 3.8) is 0 Å². The Kier molecular flexibility index (Phi) is 4.07. The lowest BCUT2D eigenvalue weighted by Gasteiger charge is -2.06. The van der Waals surface area contributed by atoms with E-state index in [1.165, 1.54) is 12.1 Å². The Morgan fingerprint density at radius 1 is 1.32 bits per heavy atom. The lowest BCUT2D eigenvalue weighted by Crippen LogP contribution is -2.13. The monoisotopic (exact) mass is 260 g/mol. The quantitative estimate of drug-likeness (QED) is 0.830. The van der Waals surface area contributed by atoms with E-state index in [0.29, 0.717) is 6.42 Å². The van der Waals surface area contributed by atoms with Crippen LogP contribution in [0.15, 0.2) is 42.6 Å². The second kappa shape index (κ2) is 5.95. The lowest BCUT2D eigenvalue weighted by atomic mass is 10.2. The second-order valence-corrected chi connectivity index (χ2v) is 4.03. The van der Waals surface area contributed by atoms with Crippen LogP contribution in [-0.2, 0) is 11.2 Å². The highest BCUT2D eigenvalue weighted by Gasteiger charge is 2.08. The Bertz CT molecular complexity index is 573. The first-order valence-electron chi connectivity index (χ1n) is 5.83. The molecule has 0 unspecified atom stereocenters. The van der Waals surface area contributed by atoms with Crippen molar-refractivity contribution in [2.75, 3.05) is 5.32 Å². The first kappa shape index (κ1) is 13.0. The van der Waals surface area contributed by atoms with Crippen LogP contribution in [0.25, 0.3) is 0 Å². The number of hydrogen-bond donors (Lipinski definition) is 2. The molecule has 1 amide bonds. The number of nitrogens with one attached hydrogen (secondary N) is 1. The normalized spacial score (nSPS) is 10.2. The van der Waals surface area contributed by atoms with Crippen LogP contribution in [0, 0.1) is 5.82 Å². The first-order valence-corrected chi connectivity index (χ1v) is 5.83. The average molecular weight is 260 g/mol. The second-order valence-electron chi connectivity index (χ2n) is 4.03. The summed E-state index contributed by atoms with van der Waals surface area (Å²) in [4.78, 5) is 15.8. The number of carbonyl (C=O) groups excluding carboxylic acids is 1. The largest absolute Gasteiger partial charge is 0.508 e. The molecular formula is C14H13FN2O2. The summed E-state index contributed by atoms with van der Waals surface area (Å²) < 4.78 is 13.4. The van der Waals surface area contributed by atoms with Crippen LogP contribution in [-0.4, -0.2) is 16.0 Å². The highest BCUT2D eigenvalue weighted by atomic mass is 19.1. The molecule has 0 spiro atoms. The van der Waals surface area contributed by atoms with Gasteiger partial charge in [-0.2, -0.15) is 0 Å². The topological polar surface area (TPSA) is 62.2 Å². The fraction of sp³-hybridized carbons (Fsp3) is 0.143. The van der Waals surface area contributed by atoms with Gasteiger partial charge in [0.2, 0.25) is 5.91 Å². The number of phenolic OH excluding ortho intramolecular Hbond substituents is 1. The highest BCUT2D eigenvalue weighted by Crippen LogP contribution is 2.19. The number of phenols is 1. The maximum Gasteiger partial charge on any atom is 0.224 e. The van der Waals surface area contributed by atoms with Gasteiger partial charge in [-0.05, 0) is 30.7 Å². The molecule has 0 saturated carbocycles. The van der Waals surface area contributed by atoms with Gasteiger partial charge in [0.15, 0.2) is 0 Å². The average Bonchev–Trinajstić information content (AvgIpc) is 2.41. The molecule has 0 fully saturated rings. The molecule has 5 heteroatoms. The predicted octanol–water partition coefficient (Wildman–Crippen LogP) is 2.50. The summed E-state index contributed by atoms with van der Waals surface area (Å²) in [6.07, 6.45) is 2.37. The van der Waals surface area contributed by atoms with E-state index in [1.807, 2.05) is 12.1 Å². The van der Waals surface area contributed by atoms with Crippen LogP contribution < -0.4 is 5.32 Å². The van der Waals surface area contributed by atoms with E-state index >= 15 is 0 Å². The van der Waals surface area contributed by atoms with Gasteiger partial charge in [-0.1, -0.05) is 6.07 Å². The highest BCUT2D eigenvalue weighted by molar-refractivity contribution is 5.91. The van der Waals surface area contributed by atoms with Gasteiger partial charge in [0, 0.05) is 24.4 Å². The van der Waals surface area contributed by atoms with Gasteiger partial charge in [0.1, 0.15) is 11.6 Å². The number of pyridine rings is 1. The third-order valence-corrected chi connectivity index (χ3v) is 2.56. The number of hydrogen-bond acceptors (Lipinski definition) is 3. The molecule has 0 aliphatic carbocycles. The number of aromatic nitrogens is 1. The first-order chi connectivity index (χ1) is 9.15. The smallest absolute Gasteiger partial charge is 0.224 e. The van der Waals surface area contributed by atoms with E-state index < -0.39 is 5.82 Å². The Morgan fingerprint density at radius 2 is 2.16 bits per heavy atom. The van der Waals surface area contributed by atoms with E-state index in [-0.39, 0.29) is 23.8 Å². The van der Waals surface area contributed by atoms with Gasteiger partial charge in [0.05, 0.1) is 5.69 Å². The Balaban J connectivity index is 1.91. The van der Waals surface area contributed by atoms with E-state index in [2.05, 4.69) is 10.3 Å². The number of rotatable bonds is 4. The van der Waals surface area contributed by atoms with Gasteiger partial charge >= 0.3 is 0 Å². The van der Waals surface area contributed by atoms with E-state index in [4.69, 9.17) is 5.11 Å². The van der Waals surface area contributed by atoms with Gasteiger partial charge < -0.3 is 10.4 Å². The molecule has 0 bridgehead atoms. The fourth-order valence-electron chi connectivity index (χ4n) is 1.61. The Hall–Kier alpha value is -2.43. The molecule has 98 valence electrons. The number of anilines is 1. The minimum Gasteiger partial charge on any atom is -0.508 e. The zero-order valence-electron chi connectivity index (χ0n) is 10.1. The van der Waals surface area contributed by atoms with Crippen molar-refractivity contribution < 1.29 is 14.3 Å². The maximum atomic E-state index is 13.4. The molecule has 19 heavy (non-hydrogen) atoms. The predicted molar refractivity (Wildman–Crippen MR) is 69.3 cm³/mol. The van der Waals surface area contributed by atoms with Crippen molar-refractivity contribution in [2.45, 2.75) is 12.8 Å². The summed E-state index contributed by atoms with van der Waals surface area (Å²) in [5.41, 5.74) is 0.868. The van der Waals surface area contributed by atoms with Crippen molar-refractivity contribution in [3.8, 4) is 5.75 Å². The molecule has 1 aromatic carbocycles. The fourth-order valence-corrected chi connectivity index (χ4v) is 1.61. The number of halogens is 1. The zero-order valence-corrected chi connectivity index (χ0v) is 10.1. The number of nitrogens with zero attached hydrogens (tertiary/aromatic N) is 1. The minimum absolute atomic E-state index is 0.0591. The molecule has 0 aliphatic heterocycles. The van der Waals surface area contributed by atoms with E-state index in [1.54, 1.807) is 12.3 Å². The van der Waals surface area contributed by atoms with Crippen molar-refractivity contribution in [3.05, 3.63) is 54.1 Å².